The Bertz CT molecular complexity index is 263. The highest BCUT2D eigenvalue weighted by Gasteiger charge is 1.92. The van der Waals surface area contributed by atoms with Crippen molar-refractivity contribution in [3.8, 4) is 0 Å². The Balaban J connectivity index is 2.17. The maximum Gasteiger partial charge on any atom is 0.312 e. The molecule has 0 radical (unpaired) electrons. The first-order chi connectivity index (χ1) is 6.29. The van der Waals surface area contributed by atoms with Crippen molar-refractivity contribution < 1.29 is 4.79 Å². The fourth-order valence-electron chi connectivity index (χ4n) is 0.772. The molecule has 2 amide bonds. The maximum absolute atomic E-state index is 10.3. The SMILES string of the molecule is NC(=O)NCCNc1cccnn1. The number of nitrogens with zero attached hydrogens (tertiary/aromatic N) is 2. The summed E-state index contributed by atoms with van der Waals surface area (Å²) in [4.78, 5) is 10.3. The van der Waals surface area contributed by atoms with Crippen LogP contribution in [0.25, 0.3) is 0 Å². The van der Waals surface area contributed by atoms with E-state index in [-0.39, 0.29) is 0 Å². The maximum atomic E-state index is 10.3. The van der Waals surface area contributed by atoms with E-state index >= 15 is 0 Å². The minimum absolute atomic E-state index is 0.464. The van der Waals surface area contributed by atoms with E-state index in [9.17, 15) is 4.79 Å². The summed E-state index contributed by atoms with van der Waals surface area (Å²) >= 11 is 0. The van der Waals surface area contributed by atoms with Gasteiger partial charge in [0.05, 0.1) is 0 Å². The fourth-order valence-corrected chi connectivity index (χ4v) is 0.772. The first-order valence-electron chi connectivity index (χ1n) is 3.84. The van der Waals surface area contributed by atoms with Gasteiger partial charge < -0.3 is 16.4 Å². The van der Waals surface area contributed by atoms with Gasteiger partial charge in [-0.2, -0.15) is 5.10 Å². The Morgan fingerprint density at radius 3 is 3.00 bits per heavy atom. The van der Waals surface area contributed by atoms with Crippen molar-refractivity contribution in [3.63, 3.8) is 0 Å². The number of nitrogens with one attached hydrogen (secondary N) is 2. The molecule has 1 rings (SSSR count). The summed E-state index contributed by atoms with van der Waals surface area (Å²) in [7, 11) is 0. The Kier molecular flexibility index (Phi) is 3.49. The van der Waals surface area contributed by atoms with Gasteiger partial charge in [0, 0.05) is 19.3 Å². The third-order valence-electron chi connectivity index (χ3n) is 1.30. The van der Waals surface area contributed by atoms with Gasteiger partial charge in [-0.05, 0) is 12.1 Å². The van der Waals surface area contributed by atoms with Crippen molar-refractivity contribution in [2.45, 2.75) is 0 Å². The normalized spacial score (nSPS) is 9.23. The number of anilines is 1. The molecular formula is C7H11N5O. The Labute approximate surface area is 75.5 Å². The van der Waals surface area contributed by atoms with Crippen LogP contribution in [0.2, 0.25) is 0 Å². The molecule has 6 nitrogen and oxygen atoms in total. The molecule has 13 heavy (non-hydrogen) atoms. The second-order valence-electron chi connectivity index (χ2n) is 2.33. The van der Waals surface area contributed by atoms with E-state index in [2.05, 4.69) is 20.8 Å². The minimum Gasteiger partial charge on any atom is -0.367 e. The second kappa shape index (κ2) is 4.91. The molecule has 70 valence electrons. The molecule has 1 aromatic heterocycles. The van der Waals surface area contributed by atoms with Crippen LogP contribution in [0, 0.1) is 0 Å². The Morgan fingerprint density at radius 2 is 2.38 bits per heavy atom. The van der Waals surface area contributed by atoms with Crippen molar-refractivity contribution in [2.75, 3.05) is 18.4 Å². The van der Waals surface area contributed by atoms with E-state index in [1.165, 1.54) is 0 Å². The number of carbonyl (C=O) groups excluding carboxylic acids is 1. The highest BCUT2D eigenvalue weighted by molar-refractivity contribution is 5.71. The lowest BCUT2D eigenvalue weighted by atomic mass is 10.5. The van der Waals surface area contributed by atoms with Gasteiger partial charge in [0.1, 0.15) is 5.82 Å². The lowest BCUT2D eigenvalue weighted by Crippen LogP contribution is -2.33. The predicted molar refractivity (Wildman–Crippen MR) is 48.1 cm³/mol. The van der Waals surface area contributed by atoms with Crippen LogP contribution >= 0.6 is 0 Å². The molecule has 0 aliphatic heterocycles. The fraction of sp³-hybridized carbons (Fsp3) is 0.286. The summed E-state index contributed by atoms with van der Waals surface area (Å²) in [6.45, 7) is 1.04. The largest absolute Gasteiger partial charge is 0.367 e. The van der Waals surface area contributed by atoms with E-state index < -0.39 is 6.03 Å². The predicted octanol–water partition coefficient (Wildman–Crippen LogP) is -0.443. The summed E-state index contributed by atoms with van der Waals surface area (Å²) in [6.07, 6.45) is 1.59. The van der Waals surface area contributed by atoms with Crippen LogP contribution in [-0.4, -0.2) is 29.3 Å². The highest BCUT2D eigenvalue weighted by Crippen LogP contribution is 1.95. The first kappa shape index (κ1) is 9.24. The van der Waals surface area contributed by atoms with Gasteiger partial charge >= 0.3 is 6.03 Å². The van der Waals surface area contributed by atoms with Crippen molar-refractivity contribution in [1.82, 2.24) is 15.5 Å². The van der Waals surface area contributed by atoms with Crippen LogP contribution in [0.5, 0.6) is 0 Å². The zero-order chi connectivity index (χ0) is 9.52. The molecule has 0 saturated heterocycles. The van der Waals surface area contributed by atoms with Crippen LogP contribution in [0.15, 0.2) is 18.3 Å². The summed E-state index contributed by atoms with van der Waals surface area (Å²) in [5, 5.41) is 12.9. The van der Waals surface area contributed by atoms with E-state index in [1.54, 1.807) is 18.3 Å². The highest BCUT2D eigenvalue weighted by atomic mass is 16.2. The lowest BCUT2D eigenvalue weighted by Gasteiger charge is -2.03. The Morgan fingerprint density at radius 1 is 1.54 bits per heavy atom. The van der Waals surface area contributed by atoms with Gasteiger partial charge in [0.25, 0.3) is 0 Å². The monoisotopic (exact) mass is 181 g/mol. The number of amides is 2. The van der Waals surface area contributed by atoms with Crippen molar-refractivity contribution in [2.24, 2.45) is 5.73 Å². The second-order valence-corrected chi connectivity index (χ2v) is 2.33. The quantitative estimate of drug-likeness (QED) is 0.549. The number of primary amides is 1. The molecular weight excluding hydrogens is 170 g/mol. The summed E-state index contributed by atoms with van der Waals surface area (Å²) < 4.78 is 0. The van der Waals surface area contributed by atoms with Crippen LogP contribution < -0.4 is 16.4 Å². The molecule has 0 aliphatic carbocycles. The van der Waals surface area contributed by atoms with Gasteiger partial charge in [-0.1, -0.05) is 0 Å². The number of hydrogen-bond acceptors (Lipinski definition) is 4. The summed E-state index contributed by atoms with van der Waals surface area (Å²) in [6, 6.07) is 3.04. The molecule has 0 fully saturated rings. The molecule has 1 heterocycles. The molecule has 0 atom stereocenters. The molecule has 0 aliphatic rings. The molecule has 0 saturated carbocycles. The third kappa shape index (κ3) is 3.90. The number of aromatic nitrogens is 2. The van der Waals surface area contributed by atoms with Crippen LogP contribution in [0.4, 0.5) is 10.6 Å². The summed E-state index contributed by atoms with van der Waals surface area (Å²) in [5.74, 6) is 0.675. The van der Waals surface area contributed by atoms with Crippen LogP contribution in [-0.2, 0) is 0 Å². The standard InChI is InChI=1S/C7H11N5O/c8-7(13)10-5-4-9-6-2-1-3-11-12-6/h1-3H,4-5H2,(H,9,12)(H3,8,10,13). The zero-order valence-electron chi connectivity index (χ0n) is 7.03. The average Bonchev–Trinajstić information content (AvgIpc) is 2.14. The topological polar surface area (TPSA) is 92.9 Å². The molecule has 0 spiro atoms. The van der Waals surface area contributed by atoms with E-state index in [4.69, 9.17) is 5.73 Å². The number of urea groups is 1. The van der Waals surface area contributed by atoms with Gasteiger partial charge in [0.15, 0.2) is 0 Å². The molecule has 0 aromatic carbocycles. The third-order valence-corrected chi connectivity index (χ3v) is 1.30. The number of rotatable bonds is 4. The summed E-state index contributed by atoms with van der Waals surface area (Å²) in [5.41, 5.74) is 4.87. The van der Waals surface area contributed by atoms with Crippen LogP contribution in [0.3, 0.4) is 0 Å². The minimum atomic E-state index is -0.527. The number of nitrogens with two attached hydrogens (primary N) is 1. The average molecular weight is 181 g/mol. The Hall–Kier alpha value is -1.85. The van der Waals surface area contributed by atoms with Gasteiger partial charge in [0.2, 0.25) is 0 Å². The van der Waals surface area contributed by atoms with E-state index in [0.29, 0.717) is 18.9 Å². The van der Waals surface area contributed by atoms with E-state index in [0.717, 1.165) is 0 Å². The van der Waals surface area contributed by atoms with Crippen LogP contribution in [0.1, 0.15) is 0 Å². The van der Waals surface area contributed by atoms with E-state index in [1.807, 2.05) is 0 Å². The lowest BCUT2D eigenvalue weighted by molar-refractivity contribution is 0.249. The van der Waals surface area contributed by atoms with Gasteiger partial charge in [-0.3, -0.25) is 0 Å². The zero-order valence-corrected chi connectivity index (χ0v) is 7.03. The van der Waals surface area contributed by atoms with Gasteiger partial charge in [-0.15, -0.1) is 5.10 Å². The number of carbonyl (C=O) groups is 1. The van der Waals surface area contributed by atoms with Gasteiger partial charge in [-0.25, -0.2) is 4.79 Å². The van der Waals surface area contributed by atoms with Crippen molar-refractivity contribution >= 4 is 11.8 Å². The molecule has 1 aromatic rings. The molecule has 4 N–H and O–H groups in total. The van der Waals surface area contributed by atoms with Crippen molar-refractivity contribution in [1.29, 1.82) is 0 Å². The number of hydrogen-bond donors (Lipinski definition) is 3. The smallest absolute Gasteiger partial charge is 0.312 e. The first-order valence-corrected chi connectivity index (χ1v) is 3.84. The van der Waals surface area contributed by atoms with Crippen molar-refractivity contribution in [3.05, 3.63) is 18.3 Å². The molecule has 0 unspecified atom stereocenters. The molecule has 0 bridgehead atoms. The molecule has 6 heteroatoms.